The zero-order chi connectivity index (χ0) is 18.4. The first-order valence-electron chi connectivity index (χ1n) is 8.80. The molecule has 0 spiro atoms. The summed E-state index contributed by atoms with van der Waals surface area (Å²) in [4.78, 5) is 0. The Hall–Kier alpha value is -1.53. The van der Waals surface area contributed by atoms with Gasteiger partial charge in [0.15, 0.2) is 0 Å². The first-order chi connectivity index (χ1) is 12.6. The summed E-state index contributed by atoms with van der Waals surface area (Å²) in [7, 11) is 0. The minimum atomic E-state index is 0. The van der Waals surface area contributed by atoms with Crippen LogP contribution in [0, 0.1) is 0 Å². The second kappa shape index (κ2) is 12.1. The second-order valence-corrected chi connectivity index (χ2v) is 8.93. The molecule has 5 aromatic carbocycles. The molecule has 0 amide bonds. The van der Waals surface area contributed by atoms with Crippen molar-refractivity contribution in [2.24, 2.45) is 0 Å². The van der Waals surface area contributed by atoms with Gasteiger partial charge >= 0.3 is 41.3 Å². The molecule has 5 rings (SSSR count). The topological polar surface area (TPSA) is 0 Å². The predicted octanol–water partition coefficient (Wildman–Crippen LogP) is 7.86. The molecule has 0 aliphatic rings. The number of halogens is 2. The van der Waals surface area contributed by atoms with Crippen molar-refractivity contribution in [3.05, 3.63) is 97.1 Å². The minimum Gasteiger partial charge on any atom is -0.168 e. The van der Waals surface area contributed by atoms with Crippen molar-refractivity contribution in [3.63, 3.8) is 0 Å². The van der Waals surface area contributed by atoms with Crippen LogP contribution in [-0.2, 0) is 24.2 Å². The van der Waals surface area contributed by atoms with Crippen LogP contribution in [0.1, 0.15) is 13.8 Å². The van der Waals surface area contributed by atoms with Crippen LogP contribution in [0.15, 0.2) is 97.1 Å². The number of benzene rings is 3. The van der Waals surface area contributed by atoms with Gasteiger partial charge in [0.25, 0.3) is 0 Å². The molecule has 0 aliphatic heterocycles. The molecule has 0 radical (unpaired) electrons. The van der Waals surface area contributed by atoms with Crippen molar-refractivity contribution in [2.45, 2.75) is 13.8 Å². The monoisotopic (exact) mass is 484 g/mol. The zero-order valence-electron chi connectivity index (χ0n) is 16.1. The van der Waals surface area contributed by atoms with Gasteiger partial charge in [-0.15, -0.1) is 94.2 Å². The minimum absolute atomic E-state index is 0. The molecule has 28 heavy (non-hydrogen) atoms. The molecular weight excluding hydrogens is 462 g/mol. The first kappa shape index (κ1) is 24.5. The molecule has 0 aromatic heterocycles. The van der Waals surface area contributed by atoms with E-state index < -0.39 is 0 Å². The van der Waals surface area contributed by atoms with Crippen molar-refractivity contribution >= 4 is 60.3 Å². The summed E-state index contributed by atoms with van der Waals surface area (Å²) < 4.78 is 1.51. The fourth-order valence-electron chi connectivity index (χ4n) is 2.97. The van der Waals surface area contributed by atoms with Crippen molar-refractivity contribution in [3.8, 4) is 0 Å². The normalized spacial score (nSPS) is 9.43. The fraction of sp³-hybridized carbons (Fsp3) is 0.0800. The average Bonchev–Trinajstić information content (AvgIpc) is 3.26. The molecule has 0 fully saturated rings. The van der Waals surface area contributed by atoms with Gasteiger partial charge in [0.2, 0.25) is 0 Å². The van der Waals surface area contributed by atoms with Crippen molar-refractivity contribution in [1.82, 2.24) is 0 Å². The zero-order valence-corrected chi connectivity index (χ0v) is 20.1. The molecule has 0 bridgehead atoms. The van der Waals surface area contributed by atoms with E-state index in [-0.39, 0.29) is 24.8 Å². The van der Waals surface area contributed by atoms with E-state index in [2.05, 4.69) is 111 Å². The van der Waals surface area contributed by atoms with Gasteiger partial charge in [-0.1, -0.05) is 42.5 Å². The van der Waals surface area contributed by atoms with Gasteiger partial charge in [-0.3, -0.25) is 0 Å². The van der Waals surface area contributed by atoms with Crippen LogP contribution in [0.5, 0.6) is 0 Å². The van der Waals surface area contributed by atoms with E-state index in [1.807, 2.05) is 0 Å². The van der Waals surface area contributed by atoms with Gasteiger partial charge in [-0.2, -0.15) is 17.5 Å². The summed E-state index contributed by atoms with van der Waals surface area (Å²) in [6.45, 7) is 4.25. The summed E-state index contributed by atoms with van der Waals surface area (Å²) in [5, 5.41) is 8.05. The Bertz CT molecular complexity index is 1050. The van der Waals surface area contributed by atoms with Crippen LogP contribution in [0.4, 0.5) is 0 Å². The maximum absolute atomic E-state index is 2.24. The number of hydrogen-bond acceptors (Lipinski definition) is 0. The molecule has 0 heterocycles. The number of fused-ring (bicyclic) bond motifs is 4. The van der Waals surface area contributed by atoms with Crippen molar-refractivity contribution in [1.29, 1.82) is 0 Å². The fourth-order valence-corrected chi connectivity index (χ4v) is 2.97. The maximum atomic E-state index is 2.24. The molecule has 3 heteroatoms. The average molecular weight is 487 g/mol. The van der Waals surface area contributed by atoms with Gasteiger partial charge < -0.3 is 0 Å². The van der Waals surface area contributed by atoms with E-state index in [0.717, 1.165) is 0 Å². The van der Waals surface area contributed by atoms with Crippen LogP contribution in [0.25, 0.3) is 32.3 Å². The van der Waals surface area contributed by atoms with E-state index in [0.29, 0.717) is 0 Å². The first-order valence-corrected chi connectivity index (χ1v) is 10.0. The predicted molar refractivity (Wildman–Crippen MR) is 127 cm³/mol. The second-order valence-electron chi connectivity index (χ2n) is 6.47. The Labute approximate surface area is 194 Å². The quantitative estimate of drug-likeness (QED) is 0.196. The maximum Gasteiger partial charge on any atom is -0.0771 e. The third-order valence-electron chi connectivity index (χ3n) is 4.07. The van der Waals surface area contributed by atoms with Crippen LogP contribution in [0.3, 0.4) is 0 Å². The Morgan fingerprint density at radius 3 is 1.57 bits per heavy atom. The van der Waals surface area contributed by atoms with E-state index in [1.165, 1.54) is 35.5 Å². The van der Waals surface area contributed by atoms with Crippen LogP contribution >= 0.6 is 24.8 Å². The van der Waals surface area contributed by atoms with Gasteiger partial charge in [0.1, 0.15) is 0 Å². The molecular formula is C25H24Cl2Zr. The molecule has 0 nitrogen and oxygen atoms in total. The van der Waals surface area contributed by atoms with Crippen molar-refractivity contribution in [2.75, 3.05) is 0 Å². The van der Waals surface area contributed by atoms with Crippen LogP contribution in [-0.4, -0.2) is 3.21 Å². The molecule has 0 atom stereocenters. The Morgan fingerprint density at radius 2 is 1.07 bits per heavy atom. The van der Waals surface area contributed by atoms with E-state index in [1.54, 1.807) is 24.2 Å². The molecule has 0 saturated heterocycles. The molecule has 142 valence electrons. The summed E-state index contributed by atoms with van der Waals surface area (Å²) in [6, 6.07) is 33.9. The molecule has 0 aliphatic carbocycles. The molecule has 0 saturated carbocycles. The van der Waals surface area contributed by atoms with Gasteiger partial charge in [-0.05, 0) is 0 Å². The molecule has 0 unspecified atom stereocenters. The van der Waals surface area contributed by atoms with E-state index >= 15 is 0 Å². The van der Waals surface area contributed by atoms with Gasteiger partial charge in [-0.25, -0.2) is 0 Å². The summed E-state index contributed by atoms with van der Waals surface area (Å²) in [5.41, 5.74) is 0. The Kier molecular flexibility index (Phi) is 10.6. The summed E-state index contributed by atoms with van der Waals surface area (Å²) in [5.74, 6) is 0. The molecule has 5 aromatic rings. The third-order valence-corrected chi connectivity index (χ3v) is 4.07. The van der Waals surface area contributed by atoms with Gasteiger partial charge in [0.05, 0.1) is 0 Å². The molecule has 0 N–H and O–H groups in total. The van der Waals surface area contributed by atoms with E-state index in [4.69, 9.17) is 0 Å². The van der Waals surface area contributed by atoms with Crippen LogP contribution in [0.2, 0.25) is 0 Å². The van der Waals surface area contributed by atoms with Crippen molar-refractivity contribution < 1.29 is 24.2 Å². The summed E-state index contributed by atoms with van der Waals surface area (Å²) in [6.07, 6.45) is 0. The standard InChI is InChI=1S/C13H9.C9H7.C3H6.2ClH.Zr/c1-3-7-12-10(5-1)9-11-6-2-4-8-13(11)12;1-2-5-9-7-3-6-8(9)4-1;1-3-2;;;/h1-9H;1-7H;1-2H3;2*1H;/q2*-1;;;;+2. The Balaban J connectivity index is 0.000000231. The Morgan fingerprint density at radius 1 is 0.643 bits per heavy atom. The van der Waals surface area contributed by atoms with Crippen LogP contribution < -0.4 is 0 Å². The number of rotatable bonds is 0. The largest absolute Gasteiger partial charge is 0.168 e. The summed E-state index contributed by atoms with van der Waals surface area (Å²) >= 11 is 1.55. The van der Waals surface area contributed by atoms with Gasteiger partial charge in [0, 0.05) is 0 Å². The SMILES string of the molecule is C[C](C)=[Zr+2].Cl.Cl.c1ccc2[cH-]ccc2c1.c1ccc2c(c1)[cH-]c1ccccc12. The van der Waals surface area contributed by atoms with E-state index in [9.17, 15) is 0 Å². The number of hydrogen-bond donors (Lipinski definition) is 0. The smallest absolute Gasteiger partial charge is 0.0771 e. The third kappa shape index (κ3) is 6.52.